The van der Waals surface area contributed by atoms with Crippen LogP contribution in [-0.2, 0) is 29.2 Å². The Balaban J connectivity index is 1.63. The fourth-order valence-corrected chi connectivity index (χ4v) is 3.04. The van der Waals surface area contributed by atoms with Crippen molar-refractivity contribution in [3.8, 4) is 0 Å². The predicted molar refractivity (Wildman–Crippen MR) is 93.6 cm³/mol. The standard InChI is InChI=1S/C18H25N5O2/c1-21(2)18(24)14-25-13-16-10-22(9-15-4-3-6-19-8-15)12-17-5-7-20-23(17)11-16/h3-8,16H,9-14H2,1-2H3/t16-/m1/s1. The van der Waals surface area contributed by atoms with Crippen molar-refractivity contribution in [3.63, 3.8) is 0 Å². The number of ether oxygens (including phenoxy) is 1. The van der Waals surface area contributed by atoms with Gasteiger partial charge in [-0.25, -0.2) is 0 Å². The molecule has 2 aromatic rings. The summed E-state index contributed by atoms with van der Waals surface area (Å²) >= 11 is 0. The van der Waals surface area contributed by atoms with Crippen LogP contribution in [0.5, 0.6) is 0 Å². The molecule has 7 nitrogen and oxygen atoms in total. The molecule has 0 fully saturated rings. The number of nitrogens with zero attached hydrogens (tertiary/aromatic N) is 5. The summed E-state index contributed by atoms with van der Waals surface area (Å²) < 4.78 is 7.72. The molecule has 7 heteroatoms. The summed E-state index contributed by atoms with van der Waals surface area (Å²) in [4.78, 5) is 19.8. The Morgan fingerprint density at radius 2 is 2.20 bits per heavy atom. The van der Waals surface area contributed by atoms with Crippen LogP contribution in [0.15, 0.2) is 36.8 Å². The summed E-state index contributed by atoms with van der Waals surface area (Å²) in [6, 6.07) is 6.12. The number of rotatable bonds is 6. The van der Waals surface area contributed by atoms with E-state index in [-0.39, 0.29) is 18.4 Å². The molecule has 25 heavy (non-hydrogen) atoms. The maximum atomic E-state index is 11.7. The zero-order valence-corrected chi connectivity index (χ0v) is 14.8. The Bertz CT molecular complexity index is 686. The molecule has 0 aliphatic carbocycles. The van der Waals surface area contributed by atoms with Gasteiger partial charge >= 0.3 is 0 Å². The van der Waals surface area contributed by atoms with Crippen molar-refractivity contribution in [2.24, 2.45) is 5.92 Å². The van der Waals surface area contributed by atoms with Gasteiger partial charge in [0.05, 0.1) is 12.3 Å². The molecule has 0 bridgehead atoms. The summed E-state index contributed by atoms with van der Waals surface area (Å²) in [7, 11) is 3.48. The molecule has 1 aliphatic heterocycles. The first-order valence-electron chi connectivity index (χ1n) is 8.51. The smallest absolute Gasteiger partial charge is 0.248 e. The van der Waals surface area contributed by atoms with Crippen LogP contribution in [-0.4, -0.2) is 64.3 Å². The molecule has 3 rings (SSSR count). The van der Waals surface area contributed by atoms with Gasteiger partial charge in [-0.15, -0.1) is 0 Å². The van der Waals surface area contributed by atoms with E-state index in [1.807, 2.05) is 23.1 Å². The molecule has 0 N–H and O–H groups in total. The summed E-state index contributed by atoms with van der Waals surface area (Å²) in [5.41, 5.74) is 2.40. The van der Waals surface area contributed by atoms with Crippen molar-refractivity contribution >= 4 is 5.91 Å². The highest BCUT2D eigenvalue weighted by Crippen LogP contribution is 2.18. The van der Waals surface area contributed by atoms with Gasteiger partial charge in [0.15, 0.2) is 0 Å². The number of pyridine rings is 1. The van der Waals surface area contributed by atoms with Gasteiger partial charge in [0, 0.05) is 64.8 Å². The van der Waals surface area contributed by atoms with Gasteiger partial charge in [0.25, 0.3) is 0 Å². The highest BCUT2D eigenvalue weighted by atomic mass is 16.5. The largest absolute Gasteiger partial charge is 0.371 e. The minimum Gasteiger partial charge on any atom is -0.371 e. The minimum absolute atomic E-state index is 0.0133. The first kappa shape index (κ1) is 17.6. The number of likely N-dealkylation sites (N-methyl/N-ethyl adjacent to an activating group) is 1. The fraction of sp³-hybridized carbons (Fsp3) is 0.500. The van der Waals surface area contributed by atoms with Crippen molar-refractivity contribution in [1.29, 1.82) is 0 Å². The normalized spacial score (nSPS) is 17.8. The topological polar surface area (TPSA) is 63.5 Å². The van der Waals surface area contributed by atoms with E-state index >= 15 is 0 Å². The number of fused-ring (bicyclic) bond motifs is 1. The van der Waals surface area contributed by atoms with Crippen molar-refractivity contribution in [1.82, 2.24) is 24.6 Å². The Morgan fingerprint density at radius 3 is 2.96 bits per heavy atom. The SMILES string of the molecule is CN(C)C(=O)COC[C@@H]1CN(Cc2cccnc2)Cc2ccnn2C1. The number of carbonyl (C=O) groups is 1. The number of hydrogen-bond acceptors (Lipinski definition) is 5. The maximum absolute atomic E-state index is 11.7. The Labute approximate surface area is 148 Å². The molecular weight excluding hydrogens is 318 g/mol. The molecule has 0 spiro atoms. The molecule has 3 heterocycles. The first-order chi connectivity index (χ1) is 12.1. The van der Waals surface area contributed by atoms with Gasteiger partial charge in [-0.05, 0) is 17.7 Å². The number of aromatic nitrogens is 3. The average Bonchev–Trinajstić information content (AvgIpc) is 2.95. The molecule has 0 aromatic carbocycles. The van der Waals surface area contributed by atoms with Crippen LogP contribution in [0.3, 0.4) is 0 Å². The van der Waals surface area contributed by atoms with Crippen LogP contribution in [0.4, 0.5) is 0 Å². The molecule has 2 aromatic heterocycles. The third kappa shape index (κ3) is 4.87. The van der Waals surface area contributed by atoms with E-state index in [9.17, 15) is 4.79 Å². The van der Waals surface area contributed by atoms with Crippen molar-refractivity contribution in [2.45, 2.75) is 19.6 Å². The van der Waals surface area contributed by atoms with E-state index in [1.165, 1.54) is 11.3 Å². The highest BCUT2D eigenvalue weighted by Gasteiger charge is 2.23. The van der Waals surface area contributed by atoms with Crippen LogP contribution < -0.4 is 0 Å². The molecule has 134 valence electrons. The Kier molecular flexibility index (Phi) is 5.78. The van der Waals surface area contributed by atoms with Gasteiger partial charge in [-0.1, -0.05) is 6.07 Å². The molecule has 1 amide bonds. The number of hydrogen-bond donors (Lipinski definition) is 0. The number of amides is 1. The monoisotopic (exact) mass is 343 g/mol. The van der Waals surface area contributed by atoms with Crippen molar-refractivity contribution in [3.05, 3.63) is 48.0 Å². The molecule has 0 saturated carbocycles. The van der Waals surface area contributed by atoms with Crippen molar-refractivity contribution < 1.29 is 9.53 Å². The second-order valence-corrected chi connectivity index (χ2v) is 6.70. The second kappa shape index (κ2) is 8.22. The molecule has 0 unspecified atom stereocenters. The van der Waals surface area contributed by atoms with E-state index < -0.39 is 0 Å². The summed E-state index contributed by atoms with van der Waals surface area (Å²) in [6.45, 7) is 4.06. The summed E-state index contributed by atoms with van der Waals surface area (Å²) in [6.07, 6.45) is 5.54. The molecular formula is C18H25N5O2. The molecule has 1 atom stereocenters. The van der Waals surface area contributed by atoms with Crippen LogP contribution >= 0.6 is 0 Å². The van der Waals surface area contributed by atoms with Crippen LogP contribution in [0.25, 0.3) is 0 Å². The number of carbonyl (C=O) groups excluding carboxylic acids is 1. The van der Waals surface area contributed by atoms with Gasteiger partial charge < -0.3 is 9.64 Å². The van der Waals surface area contributed by atoms with Crippen LogP contribution in [0.2, 0.25) is 0 Å². The lowest BCUT2D eigenvalue weighted by Gasteiger charge is -2.24. The van der Waals surface area contributed by atoms with Gasteiger partial charge in [0.1, 0.15) is 6.61 Å². The fourth-order valence-electron chi connectivity index (χ4n) is 3.04. The van der Waals surface area contributed by atoms with E-state index in [1.54, 1.807) is 25.2 Å². The quantitative estimate of drug-likeness (QED) is 0.783. The third-order valence-electron chi connectivity index (χ3n) is 4.34. The maximum Gasteiger partial charge on any atom is 0.248 e. The third-order valence-corrected chi connectivity index (χ3v) is 4.34. The highest BCUT2D eigenvalue weighted by molar-refractivity contribution is 5.76. The molecule has 0 radical (unpaired) electrons. The Morgan fingerprint density at radius 1 is 1.32 bits per heavy atom. The van der Waals surface area contributed by atoms with E-state index in [0.717, 1.165) is 26.2 Å². The van der Waals surface area contributed by atoms with Gasteiger partial charge in [-0.3, -0.25) is 19.4 Å². The lowest BCUT2D eigenvalue weighted by molar-refractivity contribution is -0.134. The molecule has 0 saturated heterocycles. The Hall–Kier alpha value is -2.25. The van der Waals surface area contributed by atoms with Crippen molar-refractivity contribution in [2.75, 3.05) is 33.9 Å². The van der Waals surface area contributed by atoms with Crippen LogP contribution in [0.1, 0.15) is 11.3 Å². The summed E-state index contributed by atoms with van der Waals surface area (Å²) in [5, 5.41) is 4.43. The van der Waals surface area contributed by atoms with Gasteiger partial charge in [-0.2, -0.15) is 5.10 Å². The zero-order valence-electron chi connectivity index (χ0n) is 14.8. The van der Waals surface area contributed by atoms with Gasteiger partial charge in [0.2, 0.25) is 5.91 Å². The van der Waals surface area contributed by atoms with E-state index in [2.05, 4.69) is 27.1 Å². The zero-order chi connectivity index (χ0) is 17.6. The first-order valence-corrected chi connectivity index (χ1v) is 8.51. The van der Waals surface area contributed by atoms with Crippen LogP contribution in [0, 0.1) is 5.92 Å². The van der Waals surface area contributed by atoms with E-state index in [4.69, 9.17) is 4.74 Å². The van der Waals surface area contributed by atoms with E-state index in [0.29, 0.717) is 6.61 Å². The predicted octanol–water partition coefficient (Wildman–Crippen LogP) is 1.01. The average molecular weight is 343 g/mol. The lowest BCUT2D eigenvalue weighted by Crippen LogP contribution is -2.32. The lowest BCUT2D eigenvalue weighted by atomic mass is 10.1. The second-order valence-electron chi connectivity index (χ2n) is 6.70. The molecule has 1 aliphatic rings. The minimum atomic E-state index is -0.0133. The summed E-state index contributed by atoms with van der Waals surface area (Å²) in [5.74, 6) is 0.272.